The van der Waals surface area contributed by atoms with Gasteiger partial charge in [0.2, 0.25) is 10.0 Å². The lowest BCUT2D eigenvalue weighted by molar-refractivity contribution is -0.385. The summed E-state index contributed by atoms with van der Waals surface area (Å²) in [5, 5.41) is 10.9. The van der Waals surface area contributed by atoms with Gasteiger partial charge in [-0.3, -0.25) is 15.0 Å². The maximum Gasteiger partial charge on any atom is 0.310 e. The maximum atomic E-state index is 11.8. The zero-order valence-electron chi connectivity index (χ0n) is 14.4. The van der Waals surface area contributed by atoms with Crippen molar-refractivity contribution in [1.29, 1.82) is 0 Å². The third-order valence-corrected chi connectivity index (χ3v) is 5.77. The topological polar surface area (TPSA) is 102 Å². The summed E-state index contributed by atoms with van der Waals surface area (Å²) in [4.78, 5) is 12.7. The Bertz CT molecular complexity index is 672. The van der Waals surface area contributed by atoms with E-state index in [1.165, 1.54) is 6.07 Å². The molecule has 0 aliphatic carbocycles. The fourth-order valence-corrected chi connectivity index (χ4v) is 4.27. The van der Waals surface area contributed by atoms with Gasteiger partial charge in [0, 0.05) is 18.7 Å². The molecular formula is C16H25N3O5S. The molecule has 0 bridgehead atoms. The summed E-state index contributed by atoms with van der Waals surface area (Å²) in [6.45, 7) is 4.41. The maximum absolute atomic E-state index is 11.8. The number of sulfonamides is 1. The van der Waals surface area contributed by atoms with Gasteiger partial charge >= 0.3 is 5.69 Å². The van der Waals surface area contributed by atoms with Crippen LogP contribution in [0.1, 0.15) is 26.2 Å². The lowest BCUT2D eigenvalue weighted by Crippen LogP contribution is -2.46. The highest BCUT2D eigenvalue weighted by Gasteiger charge is 2.23. The Morgan fingerprint density at radius 2 is 2.00 bits per heavy atom. The van der Waals surface area contributed by atoms with Crippen molar-refractivity contribution in [3.63, 3.8) is 0 Å². The van der Waals surface area contributed by atoms with Crippen molar-refractivity contribution in [1.82, 2.24) is 9.62 Å². The molecule has 0 radical (unpaired) electrons. The number of nitro groups is 1. The summed E-state index contributed by atoms with van der Waals surface area (Å²) in [6, 6.07) is 6.31. The summed E-state index contributed by atoms with van der Waals surface area (Å²) < 4.78 is 31.9. The van der Waals surface area contributed by atoms with E-state index in [-0.39, 0.29) is 23.2 Å². The second kappa shape index (κ2) is 9.12. The first-order chi connectivity index (χ1) is 11.9. The third-order valence-electron chi connectivity index (χ3n) is 4.13. The molecule has 9 heteroatoms. The van der Waals surface area contributed by atoms with Gasteiger partial charge in [-0.1, -0.05) is 19.1 Å². The molecule has 0 atom stereocenters. The Hall–Kier alpha value is -1.71. The molecule has 0 amide bonds. The normalized spacial score (nSPS) is 16.7. The summed E-state index contributed by atoms with van der Waals surface area (Å²) in [5.41, 5.74) is -0.0356. The van der Waals surface area contributed by atoms with Gasteiger partial charge in [-0.25, -0.2) is 13.1 Å². The van der Waals surface area contributed by atoms with Crippen LogP contribution in [0.5, 0.6) is 5.75 Å². The van der Waals surface area contributed by atoms with Crippen molar-refractivity contribution in [3.05, 3.63) is 34.4 Å². The van der Waals surface area contributed by atoms with Gasteiger partial charge in [0.1, 0.15) is 6.61 Å². The van der Waals surface area contributed by atoms with Crippen LogP contribution in [0, 0.1) is 10.1 Å². The van der Waals surface area contributed by atoms with E-state index in [1.807, 2.05) is 6.92 Å². The highest BCUT2D eigenvalue weighted by Crippen LogP contribution is 2.25. The van der Waals surface area contributed by atoms with Crippen LogP contribution in [-0.4, -0.2) is 56.3 Å². The number of piperidine rings is 1. The van der Waals surface area contributed by atoms with E-state index in [2.05, 4.69) is 9.62 Å². The Balaban J connectivity index is 1.73. The number of nitrogens with zero attached hydrogens (tertiary/aromatic N) is 2. The van der Waals surface area contributed by atoms with E-state index in [1.54, 1.807) is 18.2 Å². The fraction of sp³-hybridized carbons (Fsp3) is 0.625. The first kappa shape index (κ1) is 19.6. The van der Waals surface area contributed by atoms with Gasteiger partial charge in [-0.05, 0) is 38.4 Å². The van der Waals surface area contributed by atoms with Gasteiger partial charge in [-0.2, -0.15) is 0 Å². The predicted molar refractivity (Wildman–Crippen MR) is 95.3 cm³/mol. The molecule has 1 N–H and O–H groups in total. The molecule has 0 aromatic heterocycles. The molecule has 0 spiro atoms. The van der Waals surface area contributed by atoms with Crippen LogP contribution in [0.2, 0.25) is 0 Å². The summed E-state index contributed by atoms with van der Waals surface area (Å²) in [7, 11) is -3.17. The molecule has 1 aliphatic heterocycles. The van der Waals surface area contributed by atoms with Crippen molar-refractivity contribution in [3.8, 4) is 5.75 Å². The number of nitrogens with one attached hydrogen (secondary N) is 1. The Morgan fingerprint density at radius 3 is 2.64 bits per heavy atom. The summed E-state index contributed by atoms with van der Waals surface area (Å²) in [5.74, 6) is 0.436. The second-order valence-electron chi connectivity index (χ2n) is 6.13. The zero-order chi connectivity index (χ0) is 18.3. The molecule has 140 valence electrons. The van der Waals surface area contributed by atoms with Crippen LogP contribution in [0.25, 0.3) is 0 Å². The smallest absolute Gasteiger partial charge is 0.310 e. The monoisotopic (exact) mass is 371 g/mol. The van der Waals surface area contributed by atoms with Crippen LogP contribution in [0.3, 0.4) is 0 Å². The molecular weight excluding hydrogens is 346 g/mol. The van der Waals surface area contributed by atoms with E-state index in [0.717, 1.165) is 25.9 Å². The fourth-order valence-electron chi connectivity index (χ4n) is 2.87. The summed E-state index contributed by atoms with van der Waals surface area (Å²) >= 11 is 0. The molecule has 8 nitrogen and oxygen atoms in total. The quantitative estimate of drug-likeness (QED) is 0.524. The van der Waals surface area contributed by atoms with Crippen molar-refractivity contribution >= 4 is 15.7 Å². The molecule has 0 unspecified atom stereocenters. The highest BCUT2D eigenvalue weighted by atomic mass is 32.2. The number of hydrogen-bond donors (Lipinski definition) is 1. The minimum absolute atomic E-state index is 0.0103. The molecule has 2 rings (SSSR count). The van der Waals surface area contributed by atoms with Crippen LogP contribution in [0.4, 0.5) is 5.69 Å². The van der Waals surface area contributed by atoms with E-state index >= 15 is 0 Å². The van der Waals surface area contributed by atoms with Crippen molar-refractivity contribution in [2.75, 3.05) is 32.0 Å². The standard InChI is InChI=1S/C16H25N3O5S/c1-2-13-25(22,23)17-14-7-9-18(10-8-14)11-12-24-16-6-4-3-5-15(16)19(20)21/h3-6,14,17H,2,7-13H2,1H3. The molecule has 1 saturated heterocycles. The van der Waals surface area contributed by atoms with E-state index in [0.29, 0.717) is 19.6 Å². The van der Waals surface area contributed by atoms with Gasteiger partial charge in [0.25, 0.3) is 0 Å². The lowest BCUT2D eigenvalue weighted by Gasteiger charge is -2.32. The average Bonchev–Trinajstić information content (AvgIpc) is 2.56. The third kappa shape index (κ3) is 6.26. The molecule has 1 fully saturated rings. The van der Waals surface area contributed by atoms with E-state index < -0.39 is 14.9 Å². The van der Waals surface area contributed by atoms with Gasteiger partial charge in [0.05, 0.1) is 10.7 Å². The largest absolute Gasteiger partial charge is 0.485 e. The SMILES string of the molecule is CCCS(=O)(=O)NC1CCN(CCOc2ccccc2[N+](=O)[O-])CC1. The molecule has 1 aliphatic rings. The second-order valence-corrected chi connectivity index (χ2v) is 8.00. The van der Waals surface area contributed by atoms with Crippen molar-refractivity contribution < 1.29 is 18.1 Å². The number of likely N-dealkylation sites (tertiary alicyclic amines) is 1. The minimum Gasteiger partial charge on any atom is -0.485 e. The number of para-hydroxylation sites is 2. The lowest BCUT2D eigenvalue weighted by atomic mass is 10.1. The first-order valence-corrected chi connectivity index (χ1v) is 10.1. The van der Waals surface area contributed by atoms with Crippen LogP contribution in [-0.2, 0) is 10.0 Å². The first-order valence-electron chi connectivity index (χ1n) is 8.50. The Morgan fingerprint density at radius 1 is 1.32 bits per heavy atom. The van der Waals surface area contributed by atoms with Crippen molar-refractivity contribution in [2.45, 2.75) is 32.2 Å². The molecule has 1 heterocycles. The van der Waals surface area contributed by atoms with Gasteiger partial charge in [0.15, 0.2) is 5.75 Å². The van der Waals surface area contributed by atoms with E-state index in [9.17, 15) is 18.5 Å². The molecule has 0 saturated carbocycles. The Labute approximate surface area is 148 Å². The zero-order valence-corrected chi connectivity index (χ0v) is 15.2. The van der Waals surface area contributed by atoms with Crippen molar-refractivity contribution in [2.24, 2.45) is 0 Å². The van der Waals surface area contributed by atoms with Gasteiger partial charge in [-0.15, -0.1) is 0 Å². The van der Waals surface area contributed by atoms with Gasteiger partial charge < -0.3 is 4.74 Å². The number of hydrogen-bond acceptors (Lipinski definition) is 6. The number of ether oxygens (including phenoxy) is 1. The number of rotatable bonds is 9. The Kier molecular flexibility index (Phi) is 7.15. The number of benzene rings is 1. The molecule has 1 aromatic rings. The van der Waals surface area contributed by atoms with Crippen LogP contribution < -0.4 is 9.46 Å². The highest BCUT2D eigenvalue weighted by molar-refractivity contribution is 7.89. The molecule has 1 aromatic carbocycles. The predicted octanol–water partition coefficient (Wildman–Crippen LogP) is 1.77. The summed E-state index contributed by atoms with van der Waals surface area (Å²) in [6.07, 6.45) is 2.12. The van der Waals surface area contributed by atoms with Crippen LogP contribution >= 0.6 is 0 Å². The minimum atomic E-state index is -3.17. The molecule has 25 heavy (non-hydrogen) atoms. The van der Waals surface area contributed by atoms with Crippen LogP contribution in [0.15, 0.2) is 24.3 Å². The number of nitro benzene ring substituents is 1. The van der Waals surface area contributed by atoms with E-state index in [4.69, 9.17) is 4.74 Å². The average molecular weight is 371 g/mol.